The third kappa shape index (κ3) is 3.49. The van der Waals surface area contributed by atoms with Crippen LogP contribution >= 0.6 is 0 Å². The van der Waals surface area contributed by atoms with Crippen LogP contribution in [0.4, 0.5) is 4.39 Å². The van der Waals surface area contributed by atoms with Crippen molar-refractivity contribution in [1.29, 1.82) is 0 Å². The third-order valence-electron chi connectivity index (χ3n) is 6.40. The lowest BCUT2D eigenvalue weighted by molar-refractivity contribution is 0.0942. The van der Waals surface area contributed by atoms with Crippen molar-refractivity contribution in [2.45, 2.75) is 31.5 Å². The van der Waals surface area contributed by atoms with Crippen LogP contribution in [-0.2, 0) is 43.8 Å². The summed E-state index contributed by atoms with van der Waals surface area (Å²) in [4.78, 5) is 17.3. The second-order valence-corrected chi connectivity index (χ2v) is 10.3. The lowest BCUT2D eigenvalue weighted by Crippen LogP contribution is -2.38. The highest BCUT2D eigenvalue weighted by molar-refractivity contribution is 7.89. The summed E-state index contributed by atoms with van der Waals surface area (Å²) in [6.07, 6.45) is 3.23. The minimum absolute atomic E-state index is 0.0655. The van der Waals surface area contributed by atoms with Gasteiger partial charge in [0.1, 0.15) is 16.4 Å². The first-order chi connectivity index (χ1) is 16.2. The quantitative estimate of drug-likeness (QED) is 0.463. The Kier molecular flexibility index (Phi) is 5.29. The van der Waals surface area contributed by atoms with Gasteiger partial charge in [-0.2, -0.15) is 9.40 Å². The predicted octanol–water partition coefficient (Wildman–Crippen LogP) is 1.69. The Morgan fingerprint density at radius 2 is 2.00 bits per heavy atom. The summed E-state index contributed by atoms with van der Waals surface area (Å²) in [5.74, 6) is -0.950. The van der Waals surface area contributed by atoms with Crippen LogP contribution in [0.15, 0.2) is 41.7 Å². The molecule has 10 nitrogen and oxygen atoms in total. The van der Waals surface area contributed by atoms with Gasteiger partial charge in [-0.1, -0.05) is 0 Å². The number of amides is 1. The summed E-state index contributed by atoms with van der Waals surface area (Å²) in [6, 6.07) is 6.08. The average molecular weight is 486 g/mol. The molecule has 4 heterocycles. The molecule has 0 saturated carbocycles. The van der Waals surface area contributed by atoms with Crippen LogP contribution in [0.3, 0.4) is 0 Å². The minimum atomic E-state index is -3.83. The van der Waals surface area contributed by atoms with Crippen LogP contribution in [0.5, 0.6) is 0 Å². The van der Waals surface area contributed by atoms with Crippen LogP contribution in [0.2, 0.25) is 0 Å². The van der Waals surface area contributed by atoms with Crippen molar-refractivity contribution in [3.63, 3.8) is 0 Å². The van der Waals surface area contributed by atoms with Gasteiger partial charge < -0.3 is 14.5 Å². The molecule has 5 rings (SSSR count). The number of carbonyl (C=O) groups is 1. The molecule has 1 aromatic carbocycles. The number of aromatic nitrogens is 5. The Labute approximate surface area is 195 Å². The summed E-state index contributed by atoms with van der Waals surface area (Å²) in [7, 11) is -0.438. The Morgan fingerprint density at radius 3 is 2.79 bits per heavy atom. The predicted molar refractivity (Wildman–Crippen MR) is 122 cm³/mol. The van der Waals surface area contributed by atoms with Crippen LogP contribution in [0, 0.1) is 12.7 Å². The van der Waals surface area contributed by atoms with E-state index in [2.05, 4.69) is 15.4 Å². The molecule has 1 aliphatic rings. The standard InChI is InChI=1S/C22H24FN7O3S/c1-14-20(34(32,33)29-8-9-30-15(12-29)6-7-26-30)10-19(28(14)3)22(31)24-11-16-17(23)4-5-18-21(16)27(2)13-25-18/h4-7,10,13H,8-9,11-12H2,1-3H3,(H,24,31). The largest absolute Gasteiger partial charge is 0.346 e. The monoisotopic (exact) mass is 485 g/mol. The molecule has 178 valence electrons. The molecule has 1 N–H and O–H groups in total. The smallest absolute Gasteiger partial charge is 0.268 e. The van der Waals surface area contributed by atoms with Gasteiger partial charge >= 0.3 is 0 Å². The molecule has 0 saturated heterocycles. The molecule has 0 bridgehead atoms. The molecule has 34 heavy (non-hydrogen) atoms. The lowest BCUT2D eigenvalue weighted by Gasteiger charge is -2.26. The zero-order valence-corrected chi connectivity index (χ0v) is 19.8. The summed E-state index contributed by atoms with van der Waals surface area (Å²) in [5.41, 5.74) is 2.97. The van der Waals surface area contributed by atoms with Gasteiger partial charge in [-0.15, -0.1) is 0 Å². The number of hydrogen-bond donors (Lipinski definition) is 1. The van der Waals surface area contributed by atoms with Gasteiger partial charge in [-0.25, -0.2) is 17.8 Å². The van der Waals surface area contributed by atoms with Crippen molar-refractivity contribution in [2.75, 3.05) is 6.54 Å². The number of aryl methyl sites for hydroxylation is 1. The molecule has 12 heteroatoms. The third-order valence-corrected chi connectivity index (χ3v) is 8.36. The second-order valence-electron chi connectivity index (χ2n) is 8.35. The molecule has 0 spiro atoms. The molecule has 0 radical (unpaired) electrons. The molecule has 3 aromatic heterocycles. The number of benzene rings is 1. The van der Waals surface area contributed by atoms with E-state index in [9.17, 15) is 17.6 Å². The maximum absolute atomic E-state index is 14.5. The van der Waals surface area contributed by atoms with Crippen molar-refractivity contribution in [2.24, 2.45) is 14.1 Å². The van der Waals surface area contributed by atoms with Crippen molar-refractivity contribution < 1.29 is 17.6 Å². The van der Waals surface area contributed by atoms with Gasteiger partial charge in [-0.3, -0.25) is 9.48 Å². The second kappa shape index (κ2) is 8.06. The first-order valence-corrected chi connectivity index (χ1v) is 12.2. The van der Waals surface area contributed by atoms with E-state index in [1.807, 2.05) is 0 Å². The number of fused-ring (bicyclic) bond motifs is 2. The summed E-state index contributed by atoms with van der Waals surface area (Å²) < 4.78 is 47.7. The highest BCUT2D eigenvalue weighted by Gasteiger charge is 2.32. The van der Waals surface area contributed by atoms with Gasteiger partial charge in [0, 0.05) is 44.6 Å². The van der Waals surface area contributed by atoms with E-state index >= 15 is 0 Å². The number of nitrogens with one attached hydrogen (secondary N) is 1. The van der Waals surface area contributed by atoms with Gasteiger partial charge in [0.2, 0.25) is 10.0 Å². The van der Waals surface area contributed by atoms with Gasteiger partial charge in [0.05, 0.1) is 36.1 Å². The summed E-state index contributed by atoms with van der Waals surface area (Å²) >= 11 is 0. The van der Waals surface area contributed by atoms with Crippen molar-refractivity contribution in [3.05, 3.63) is 65.3 Å². The maximum Gasteiger partial charge on any atom is 0.268 e. The van der Waals surface area contributed by atoms with E-state index in [0.29, 0.717) is 35.4 Å². The van der Waals surface area contributed by atoms with Crippen LogP contribution in [-0.4, -0.2) is 49.1 Å². The first-order valence-electron chi connectivity index (χ1n) is 10.7. The first kappa shape index (κ1) is 22.3. The van der Waals surface area contributed by atoms with E-state index in [1.165, 1.54) is 21.0 Å². The van der Waals surface area contributed by atoms with Crippen LogP contribution < -0.4 is 5.32 Å². The molecule has 0 atom stereocenters. The number of nitrogens with zero attached hydrogens (tertiary/aromatic N) is 6. The van der Waals surface area contributed by atoms with E-state index in [-0.39, 0.29) is 23.7 Å². The van der Waals surface area contributed by atoms with Gasteiger partial charge in [0.25, 0.3) is 5.91 Å². The van der Waals surface area contributed by atoms with Gasteiger partial charge in [0.15, 0.2) is 0 Å². The Balaban J connectivity index is 1.40. The Morgan fingerprint density at radius 1 is 1.21 bits per heavy atom. The van der Waals surface area contributed by atoms with Crippen molar-refractivity contribution in [3.8, 4) is 0 Å². The number of imidazole rings is 1. The van der Waals surface area contributed by atoms with Crippen LogP contribution in [0.1, 0.15) is 27.4 Å². The minimum Gasteiger partial charge on any atom is -0.346 e. The molecule has 4 aromatic rings. The Hall–Kier alpha value is -3.51. The molecule has 1 amide bonds. The fourth-order valence-corrected chi connectivity index (χ4v) is 6.06. The Bertz CT molecular complexity index is 1530. The molecule has 1 aliphatic heterocycles. The normalized spacial score (nSPS) is 14.5. The number of carbonyl (C=O) groups excluding carboxylic acids is 1. The number of sulfonamides is 1. The van der Waals surface area contributed by atoms with Gasteiger partial charge in [-0.05, 0) is 31.2 Å². The molecule has 0 unspecified atom stereocenters. The van der Waals surface area contributed by atoms with E-state index < -0.39 is 21.7 Å². The van der Waals surface area contributed by atoms with E-state index in [1.54, 1.807) is 54.9 Å². The molecule has 0 aliphatic carbocycles. The lowest BCUT2D eigenvalue weighted by atomic mass is 10.1. The summed E-state index contributed by atoms with van der Waals surface area (Å²) in [5, 5.41) is 6.91. The fourth-order valence-electron chi connectivity index (χ4n) is 4.39. The zero-order chi connectivity index (χ0) is 24.2. The highest BCUT2D eigenvalue weighted by Crippen LogP contribution is 2.27. The van der Waals surface area contributed by atoms with E-state index in [4.69, 9.17) is 0 Å². The van der Waals surface area contributed by atoms with E-state index in [0.717, 1.165) is 5.69 Å². The van der Waals surface area contributed by atoms with Crippen molar-refractivity contribution >= 4 is 27.0 Å². The number of hydrogen-bond acceptors (Lipinski definition) is 5. The topological polar surface area (TPSA) is 107 Å². The van der Waals surface area contributed by atoms with Crippen molar-refractivity contribution in [1.82, 2.24) is 33.5 Å². The zero-order valence-electron chi connectivity index (χ0n) is 19.0. The fraction of sp³-hybridized carbons (Fsp3) is 0.318. The number of rotatable bonds is 5. The maximum atomic E-state index is 14.5. The number of halogens is 1. The molecule has 0 fully saturated rings. The summed E-state index contributed by atoms with van der Waals surface area (Å²) in [6.45, 7) is 2.57. The van der Waals surface area contributed by atoms with Crippen LogP contribution in [0.25, 0.3) is 11.0 Å². The molecular weight excluding hydrogens is 461 g/mol. The molecular formula is C22H24FN7O3S. The highest BCUT2D eigenvalue weighted by atomic mass is 32.2. The average Bonchev–Trinajstić information content (AvgIpc) is 3.51. The SMILES string of the molecule is Cc1c(S(=O)(=O)N2CCn3nccc3C2)cc(C(=O)NCc2c(F)ccc3ncn(C)c23)n1C.